The third-order valence-electron chi connectivity index (χ3n) is 6.46. The zero-order valence-electron chi connectivity index (χ0n) is 18.9. The Labute approximate surface area is 187 Å². The summed E-state index contributed by atoms with van der Waals surface area (Å²) in [5.74, 6) is 0.740. The lowest BCUT2D eigenvalue weighted by Gasteiger charge is -2.35. The van der Waals surface area contributed by atoms with Crippen LogP contribution in [0.2, 0.25) is 0 Å². The van der Waals surface area contributed by atoms with Crippen molar-refractivity contribution >= 4 is 12.0 Å². The molecule has 1 aliphatic rings. The number of aliphatic hydroxyl groups excluding tert-OH is 1. The van der Waals surface area contributed by atoms with Crippen molar-refractivity contribution in [3.05, 3.63) is 76.9 Å². The second kappa shape index (κ2) is 11.8. The molecule has 0 heterocycles. The van der Waals surface area contributed by atoms with Crippen LogP contribution in [0.15, 0.2) is 54.6 Å². The smallest absolute Gasteiger partial charge is 0.226 e. The first-order valence-electron chi connectivity index (χ1n) is 11.5. The van der Waals surface area contributed by atoms with E-state index in [4.69, 9.17) is 0 Å². The molecule has 2 N–H and O–H groups in total. The Kier molecular flexibility index (Phi) is 8.86. The van der Waals surface area contributed by atoms with Crippen LogP contribution in [0.1, 0.15) is 60.3 Å². The molecule has 1 saturated carbocycles. The minimum atomic E-state index is 0.185. The Bertz CT molecular complexity index is 855. The van der Waals surface area contributed by atoms with Crippen molar-refractivity contribution in [1.29, 1.82) is 0 Å². The summed E-state index contributed by atoms with van der Waals surface area (Å²) in [5, 5.41) is 12.5. The van der Waals surface area contributed by atoms with E-state index in [1.54, 1.807) is 0 Å². The summed E-state index contributed by atoms with van der Waals surface area (Å²) >= 11 is 0. The van der Waals surface area contributed by atoms with Crippen LogP contribution in [0.4, 0.5) is 0 Å². The minimum absolute atomic E-state index is 0.185. The molecule has 0 radical (unpaired) electrons. The first-order valence-corrected chi connectivity index (χ1v) is 11.5. The van der Waals surface area contributed by atoms with Gasteiger partial charge in [-0.15, -0.1) is 0 Å². The summed E-state index contributed by atoms with van der Waals surface area (Å²) in [7, 11) is 3.94. The monoisotopic (exact) mass is 420 g/mol. The summed E-state index contributed by atoms with van der Waals surface area (Å²) in [5.41, 5.74) is 5.08. The molecule has 4 nitrogen and oxygen atoms in total. The highest BCUT2D eigenvalue weighted by Gasteiger charge is 2.27. The number of carbonyl (C=O) groups is 1. The molecule has 3 rings (SSSR count). The number of benzene rings is 2. The molecule has 0 unspecified atom stereocenters. The zero-order valence-corrected chi connectivity index (χ0v) is 18.9. The van der Waals surface area contributed by atoms with Gasteiger partial charge in [0.1, 0.15) is 0 Å². The Hall–Kier alpha value is -2.43. The number of amides is 1. The Balaban J connectivity index is 1.55. The lowest BCUT2D eigenvalue weighted by atomic mass is 9.79. The maximum absolute atomic E-state index is 12.7. The van der Waals surface area contributed by atoms with Crippen LogP contribution in [-0.4, -0.2) is 42.7 Å². The molecule has 1 aliphatic carbocycles. The van der Waals surface area contributed by atoms with E-state index in [1.807, 2.05) is 61.5 Å². The SMILES string of the molecule is CNCc1cc(CCO)ccc1[C@H]1CC[C@H](N(C)C(=O)CC=Cc2ccccc2)CC1. The van der Waals surface area contributed by atoms with Crippen molar-refractivity contribution in [3.8, 4) is 0 Å². The van der Waals surface area contributed by atoms with E-state index in [9.17, 15) is 9.90 Å². The molecule has 0 aliphatic heterocycles. The number of hydrogen-bond acceptors (Lipinski definition) is 3. The Morgan fingerprint density at radius 2 is 1.87 bits per heavy atom. The molecule has 4 heteroatoms. The van der Waals surface area contributed by atoms with Crippen molar-refractivity contribution in [2.75, 3.05) is 20.7 Å². The van der Waals surface area contributed by atoms with Gasteiger partial charge in [0.25, 0.3) is 0 Å². The van der Waals surface area contributed by atoms with Gasteiger partial charge in [-0.3, -0.25) is 4.79 Å². The normalized spacial score (nSPS) is 18.9. The fourth-order valence-electron chi connectivity index (χ4n) is 4.67. The van der Waals surface area contributed by atoms with Gasteiger partial charge in [0.05, 0.1) is 0 Å². The molecular weight excluding hydrogens is 384 g/mol. The fraction of sp³-hybridized carbons (Fsp3) is 0.444. The van der Waals surface area contributed by atoms with Gasteiger partial charge in [0.2, 0.25) is 5.91 Å². The Morgan fingerprint density at radius 1 is 1.13 bits per heavy atom. The van der Waals surface area contributed by atoms with Gasteiger partial charge >= 0.3 is 0 Å². The maximum Gasteiger partial charge on any atom is 0.226 e. The third-order valence-corrected chi connectivity index (χ3v) is 6.46. The molecule has 0 saturated heterocycles. The molecule has 2 aromatic rings. The van der Waals surface area contributed by atoms with E-state index >= 15 is 0 Å². The predicted molar refractivity (Wildman–Crippen MR) is 128 cm³/mol. The van der Waals surface area contributed by atoms with Gasteiger partial charge in [0.15, 0.2) is 0 Å². The molecule has 0 aromatic heterocycles. The maximum atomic E-state index is 12.7. The second-order valence-electron chi connectivity index (χ2n) is 8.56. The molecule has 0 bridgehead atoms. The van der Waals surface area contributed by atoms with Crippen LogP contribution in [0, 0.1) is 0 Å². The molecule has 31 heavy (non-hydrogen) atoms. The van der Waals surface area contributed by atoms with E-state index in [0.29, 0.717) is 24.8 Å². The molecular formula is C27H36N2O2. The number of rotatable bonds is 9. The molecule has 0 atom stereocenters. The van der Waals surface area contributed by atoms with Crippen molar-refractivity contribution in [1.82, 2.24) is 10.2 Å². The predicted octanol–water partition coefficient (Wildman–Crippen LogP) is 4.53. The number of aliphatic hydroxyl groups is 1. The van der Waals surface area contributed by atoms with E-state index in [2.05, 4.69) is 23.5 Å². The summed E-state index contributed by atoms with van der Waals surface area (Å²) < 4.78 is 0. The Morgan fingerprint density at radius 3 is 2.55 bits per heavy atom. The largest absolute Gasteiger partial charge is 0.396 e. The molecule has 1 fully saturated rings. The van der Waals surface area contributed by atoms with Gasteiger partial charge in [-0.05, 0) is 67.3 Å². The van der Waals surface area contributed by atoms with Crippen LogP contribution in [-0.2, 0) is 17.8 Å². The third kappa shape index (κ3) is 6.52. The number of nitrogens with one attached hydrogen (secondary N) is 1. The van der Waals surface area contributed by atoms with E-state index < -0.39 is 0 Å². The van der Waals surface area contributed by atoms with Crippen molar-refractivity contribution in [2.45, 2.75) is 57.0 Å². The van der Waals surface area contributed by atoms with Crippen LogP contribution < -0.4 is 5.32 Å². The first kappa shape index (κ1) is 23.2. The summed E-state index contributed by atoms with van der Waals surface area (Å²) in [6.45, 7) is 1.03. The first-order chi connectivity index (χ1) is 15.1. The van der Waals surface area contributed by atoms with Crippen LogP contribution in [0.25, 0.3) is 6.08 Å². The average Bonchev–Trinajstić information content (AvgIpc) is 2.80. The topological polar surface area (TPSA) is 52.6 Å². The molecule has 0 spiro atoms. The molecule has 1 amide bonds. The highest BCUT2D eigenvalue weighted by molar-refractivity contribution is 5.78. The van der Waals surface area contributed by atoms with Crippen molar-refractivity contribution in [2.24, 2.45) is 0 Å². The summed E-state index contributed by atoms with van der Waals surface area (Å²) in [4.78, 5) is 14.6. The minimum Gasteiger partial charge on any atom is -0.396 e. The van der Waals surface area contributed by atoms with Crippen LogP contribution in [0.5, 0.6) is 0 Å². The number of hydrogen-bond donors (Lipinski definition) is 2. The quantitative estimate of drug-likeness (QED) is 0.627. The van der Waals surface area contributed by atoms with Crippen LogP contribution in [0.3, 0.4) is 0 Å². The van der Waals surface area contributed by atoms with Gasteiger partial charge in [-0.2, -0.15) is 0 Å². The van der Waals surface area contributed by atoms with E-state index in [1.165, 1.54) is 16.7 Å². The average molecular weight is 421 g/mol. The molecule has 166 valence electrons. The van der Waals surface area contributed by atoms with Gasteiger partial charge in [0, 0.05) is 32.7 Å². The fourth-order valence-corrected chi connectivity index (χ4v) is 4.67. The van der Waals surface area contributed by atoms with Gasteiger partial charge in [-0.1, -0.05) is 60.7 Å². The molecule has 2 aromatic carbocycles. The lowest BCUT2D eigenvalue weighted by molar-refractivity contribution is -0.131. The lowest BCUT2D eigenvalue weighted by Crippen LogP contribution is -2.39. The number of carbonyl (C=O) groups excluding carboxylic acids is 1. The van der Waals surface area contributed by atoms with Crippen molar-refractivity contribution in [3.63, 3.8) is 0 Å². The number of nitrogens with zero attached hydrogens (tertiary/aromatic N) is 1. The second-order valence-corrected chi connectivity index (χ2v) is 8.56. The summed E-state index contributed by atoms with van der Waals surface area (Å²) in [6.07, 6.45) is 9.46. The summed E-state index contributed by atoms with van der Waals surface area (Å²) in [6, 6.07) is 17.1. The van der Waals surface area contributed by atoms with Crippen molar-refractivity contribution < 1.29 is 9.90 Å². The highest BCUT2D eigenvalue weighted by atomic mass is 16.3. The zero-order chi connectivity index (χ0) is 22.1. The van der Waals surface area contributed by atoms with E-state index in [0.717, 1.165) is 37.8 Å². The standard InChI is InChI=1S/C27H36N2O2/c1-28-20-24-19-22(17-18-30)11-16-26(24)23-12-14-25(15-13-23)29(2)27(31)10-6-9-21-7-4-3-5-8-21/h3-9,11,16,19,23,25,28,30H,10,12-15,17-18,20H2,1-2H3/t23-,25-. The van der Waals surface area contributed by atoms with Gasteiger partial charge < -0.3 is 15.3 Å². The van der Waals surface area contributed by atoms with Gasteiger partial charge in [-0.25, -0.2) is 0 Å². The highest BCUT2D eigenvalue weighted by Crippen LogP contribution is 2.36. The van der Waals surface area contributed by atoms with E-state index in [-0.39, 0.29) is 12.5 Å². The van der Waals surface area contributed by atoms with Crippen LogP contribution >= 0.6 is 0 Å².